The molecule has 0 saturated heterocycles. The number of primary amides is 1. The maximum Gasteiger partial charge on any atom is 0.225 e. The van der Waals surface area contributed by atoms with Gasteiger partial charge < -0.3 is 26.6 Å². The topological polar surface area (TPSA) is 159 Å². The molecule has 10 nitrogen and oxygen atoms in total. The minimum absolute atomic E-state index is 0.0693. The number of aliphatic hydroxyl groups excluding tert-OH is 2. The Morgan fingerprint density at radius 3 is 2.63 bits per heavy atom. The third-order valence-electron chi connectivity index (χ3n) is 7.36. The van der Waals surface area contributed by atoms with Gasteiger partial charge in [0.25, 0.3) is 0 Å². The van der Waals surface area contributed by atoms with E-state index in [1.54, 1.807) is 13.1 Å². The van der Waals surface area contributed by atoms with Crippen molar-refractivity contribution >= 4 is 39.2 Å². The summed E-state index contributed by atoms with van der Waals surface area (Å²) in [5.41, 5.74) is 8.04. The van der Waals surface area contributed by atoms with Crippen LogP contribution in [-0.4, -0.2) is 60.9 Å². The third kappa shape index (κ3) is 5.83. The molecule has 0 aliphatic heterocycles. The van der Waals surface area contributed by atoms with Crippen LogP contribution in [0.15, 0.2) is 48.2 Å². The number of thiazole rings is 1. The van der Waals surface area contributed by atoms with E-state index in [1.165, 1.54) is 17.4 Å². The Hall–Kier alpha value is -3.81. The number of hydrogen-bond donors (Lipinski definition) is 5. The number of nitrogens with one attached hydrogen (secondary N) is 2. The monoisotopic (exact) mass is 583 g/mol. The molecular weight excluding hydrogens is 552 g/mol. The molecule has 4 unspecified atom stereocenters. The van der Waals surface area contributed by atoms with Crippen LogP contribution in [0.5, 0.6) is 0 Å². The van der Waals surface area contributed by atoms with E-state index in [0.29, 0.717) is 22.2 Å². The molecule has 13 heteroatoms. The number of carbonyl (C=O) groups excluding carboxylic acids is 1. The summed E-state index contributed by atoms with van der Waals surface area (Å²) in [4.78, 5) is 30.4. The molecule has 0 radical (unpaired) electrons. The molecular formula is C28H31F2N7O3S. The zero-order chi connectivity index (χ0) is 29.4. The number of nitrogens with two attached hydrogens (primary N) is 1. The molecule has 3 aromatic rings. The first-order valence-electron chi connectivity index (χ1n) is 13.2. The van der Waals surface area contributed by atoms with Gasteiger partial charge in [0.1, 0.15) is 34.1 Å². The number of anilines is 2. The minimum Gasteiger partial charge on any atom is -0.390 e. The number of allylic oxidation sites excluding steroid dienone is 3. The molecule has 41 heavy (non-hydrogen) atoms. The highest BCUT2D eigenvalue weighted by Crippen LogP contribution is 2.44. The summed E-state index contributed by atoms with van der Waals surface area (Å²) in [6.07, 6.45) is 3.61. The lowest BCUT2D eigenvalue weighted by atomic mass is 10.1. The van der Waals surface area contributed by atoms with Crippen LogP contribution in [0.1, 0.15) is 43.5 Å². The zero-order valence-corrected chi connectivity index (χ0v) is 23.4. The Labute approximate surface area is 239 Å². The molecule has 6 N–H and O–H groups in total. The first-order chi connectivity index (χ1) is 19.6. The highest BCUT2D eigenvalue weighted by Gasteiger charge is 2.44. The van der Waals surface area contributed by atoms with Crippen LogP contribution in [0.25, 0.3) is 20.8 Å². The molecule has 3 aromatic heterocycles. The molecule has 1 amide bonds. The maximum absolute atomic E-state index is 14.4. The maximum atomic E-state index is 14.4. The smallest absolute Gasteiger partial charge is 0.225 e. The molecule has 0 aromatic carbocycles. The average molecular weight is 584 g/mol. The van der Waals surface area contributed by atoms with Gasteiger partial charge in [-0.25, -0.2) is 18.7 Å². The number of amides is 1. The van der Waals surface area contributed by atoms with Gasteiger partial charge in [-0.1, -0.05) is 12.7 Å². The van der Waals surface area contributed by atoms with Crippen molar-refractivity contribution in [1.82, 2.24) is 19.9 Å². The highest BCUT2D eigenvalue weighted by atomic mass is 32.1. The van der Waals surface area contributed by atoms with Crippen molar-refractivity contribution in [1.29, 1.82) is 0 Å². The third-order valence-corrected chi connectivity index (χ3v) is 8.40. The van der Waals surface area contributed by atoms with Crippen molar-refractivity contribution in [2.75, 3.05) is 17.2 Å². The Kier molecular flexibility index (Phi) is 8.11. The van der Waals surface area contributed by atoms with Crippen molar-refractivity contribution in [2.45, 2.75) is 57.3 Å². The van der Waals surface area contributed by atoms with E-state index in [2.05, 4.69) is 32.2 Å². The summed E-state index contributed by atoms with van der Waals surface area (Å²) in [5.74, 6) is -2.44. The molecule has 2 aliphatic carbocycles. The number of aliphatic hydroxyl groups is 2. The summed E-state index contributed by atoms with van der Waals surface area (Å²) in [6, 6.07) is 1.13. The quantitative estimate of drug-likeness (QED) is 0.222. The van der Waals surface area contributed by atoms with Crippen LogP contribution >= 0.6 is 11.3 Å². The van der Waals surface area contributed by atoms with Crippen LogP contribution in [0.4, 0.5) is 20.5 Å². The van der Waals surface area contributed by atoms with Crippen LogP contribution in [-0.2, 0) is 4.79 Å². The van der Waals surface area contributed by atoms with Crippen molar-refractivity contribution in [3.63, 3.8) is 0 Å². The number of carbonyl (C=O) groups is 1. The summed E-state index contributed by atoms with van der Waals surface area (Å²) in [7, 11) is 0. The molecule has 4 atom stereocenters. The van der Waals surface area contributed by atoms with E-state index in [4.69, 9.17) is 10.7 Å². The predicted molar refractivity (Wildman–Crippen MR) is 154 cm³/mol. The van der Waals surface area contributed by atoms with E-state index in [0.717, 1.165) is 41.8 Å². The lowest BCUT2D eigenvalue weighted by Gasteiger charge is -2.21. The highest BCUT2D eigenvalue weighted by molar-refractivity contribution is 7.21. The number of fused-ring (bicyclic) bond motifs is 1. The Bertz CT molecular complexity index is 1570. The molecule has 2 fully saturated rings. The largest absolute Gasteiger partial charge is 0.390 e. The summed E-state index contributed by atoms with van der Waals surface area (Å²) in [6.45, 7) is 6.09. The van der Waals surface area contributed by atoms with Gasteiger partial charge in [-0.15, -0.1) is 11.3 Å². The second-order valence-electron chi connectivity index (χ2n) is 10.3. The number of pyridine rings is 1. The molecule has 2 saturated carbocycles. The van der Waals surface area contributed by atoms with Crippen molar-refractivity contribution in [3.05, 3.63) is 59.6 Å². The Balaban J connectivity index is 1.55. The molecule has 5 rings (SSSR count). The second kappa shape index (κ2) is 11.6. The van der Waals surface area contributed by atoms with Gasteiger partial charge >= 0.3 is 0 Å². The number of aromatic nitrogens is 4. The first-order valence-corrected chi connectivity index (χ1v) is 14.0. The number of nitrogens with zero attached hydrogens (tertiary/aromatic N) is 4. The van der Waals surface area contributed by atoms with E-state index in [-0.39, 0.29) is 30.3 Å². The van der Waals surface area contributed by atoms with Crippen LogP contribution in [0.3, 0.4) is 0 Å². The molecule has 3 heterocycles. The lowest BCUT2D eigenvalue weighted by molar-refractivity contribution is -0.125. The lowest BCUT2D eigenvalue weighted by Crippen LogP contribution is -2.37. The summed E-state index contributed by atoms with van der Waals surface area (Å²) < 4.78 is 29.5. The fourth-order valence-corrected chi connectivity index (χ4v) is 6.09. The van der Waals surface area contributed by atoms with E-state index in [1.807, 2.05) is 6.07 Å². The fourth-order valence-electron chi connectivity index (χ4n) is 5.02. The Morgan fingerprint density at radius 1 is 1.24 bits per heavy atom. The molecule has 0 spiro atoms. The normalized spacial score (nSPS) is 23.4. The molecule has 0 bridgehead atoms. The number of rotatable bonds is 10. The second-order valence-corrected chi connectivity index (χ2v) is 11.3. The SMILES string of the molecule is C=CC=C(F)C(CNc1nc(C)c(-c2nc3c(C4CC4)nccc3s2)c(NC2CC(C(N)=O)C(O)C2O)n1)=C(C)F. The fraction of sp³-hybridized carbons (Fsp3) is 0.393. The standard InChI is InChI=1S/C28H31F2N7O3S/c1-4-5-17(30)16(12(2)29)11-33-28-34-13(3)20(26(37-28)35-18-10-15(25(31)40)23(38)24(18)39)27-36-22-19(41-27)8-9-32-21(22)14-6-7-14/h4-5,8-9,14-15,18,23-24,38-39H,1,6-7,10-11H2,2-3H3,(H2,31,40)(H2,33,34,35,37). The van der Waals surface area contributed by atoms with Gasteiger partial charge in [-0.3, -0.25) is 9.78 Å². The van der Waals surface area contributed by atoms with E-state index >= 15 is 0 Å². The molecule has 216 valence electrons. The predicted octanol–water partition coefficient (Wildman–Crippen LogP) is 4.04. The van der Waals surface area contributed by atoms with E-state index < -0.39 is 41.7 Å². The van der Waals surface area contributed by atoms with Crippen LogP contribution in [0.2, 0.25) is 0 Å². The van der Waals surface area contributed by atoms with Gasteiger partial charge in [0.2, 0.25) is 11.9 Å². The van der Waals surface area contributed by atoms with Gasteiger partial charge in [-0.2, -0.15) is 4.98 Å². The van der Waals surface area contributed by atoms with Gasteiger partial charge in [0, 0.05) is 24.2 Å². The minimum atomic E-state index is -1.34. The van der Waals surface area contributed by atoms with Crippen LogP contribution < -0.4 is 16.4 Å². The van der Waals surface area contributed by atoms with Gasteiger partial charge in [0.15, 0.2) is 0 Å². The Morgan fingerprint density at radius 2 is 2.00 bits per heavy atom. The van der Waals surface area contributed by atoms with E-state index in [9.17, 15) is 23.8 Å². The first kappa shape index (κ1) is 28.7. The molecule has 2 aliphatic rings. The number of halogens is 2. The summed E-state index contributed by atoms with van der Waals surface area (Å²) in [5, 5.41) is 27.7. The van der Waals surface area contributed by atoms with Gasteiger partial charge in [0.05, 0.1) is 39.7 Å². The summed E-state index contributed by atoms with van der Waals surface area (Å²) >= 11 is 1.44. The van der Waals surface area contributed by atoms with Crippen molar-refractivity contribution in [2.24, 2.45) is 11.7 Å². The van der Waals surface area contributed by atoms with Crippen molar-refractivity contribution < 1.29 is 23.8 Å². The average Bonchev–Trinajstić information content (AvgIpc) is 3.61. The number of hydrogen-bond acceptors (Lipinski definition) is 10. The number of aryl methyl sites for hydroxylation is 1. The zero-order valence-electron chi connectivity index (χ0n) is 22.6. The van der Waals surface area contributed by atoms with Crippen LogP contribution in [0, 0.1) is 12.8 Å². The van der Waals surface area contributed by atoms with Crippen molar-refractivity contribution in [3.8, 4) is 10.6 Å². The van der Waals surface area contributed by atoms with Gasteiger partial charge in [-0.05, 0) is 45.3 Å².